The molecular weight excluding hydrogens is 412 g/mol. The zero-order chi connectivity index (χ0) is 21.8. The third-order valence-corrected chi connectivity index (χ3v) is 5.46. The number of ether oxygens (including phenoxy) is 1. The zero-order valence-electron chi connectivity index (χ0n) is 16.6. The van der Waals surface area contributed by atoms with Crippen LogP contribution in [0.5, 0.6) is 5.75 Å². The number of hydrogen-bond donors (Lipinski definition) is 1. The van der Waals surface area contributed by atoms with Crippen molar-refractivity contribution >= 4 is 40.1 Å². The van der Waals surface area contributed by atoms with Crippen molar-refractivity contribution in [3.63, 3.8) is 0 Å². The topological polar surface area (TPSA) is 89.4 Å². The monoisotopic (exact) mass is 430 g/mol. The highest BCUT2D eigenvalue weighted by atomic mass is 32.1. The van der Waals surface area contributed by atoms with E-state index in [0.29, 0.717) is 27.9 Å². The van der Waals surface area contributed by atoms with Gasteiger partial charge in [0, 0.05) is 17.6 Å². The molecule has 3 aromatic carbocycles. The molecule has 0 unspecified atom stereocenters. The highest BCUT2D eigenvalue weighted by molar-refractivity contribution is 7.00. The lowest BCUT2D eigenvalue weighted by molar-refractivity contribution is -0.130. The molecular formula is C24H18N2O4S. The van der Waals surface area contributed by atoms with Crippen molar-refractivity contribution in [3.8, 4) is 5.75 Å². The molecule has 0 spiro atoms. The fraction of sp³-hybridized carbons (Fsp3) is 0.0833. The number of allylic oxidation sites excluding steroid dienone is 1. The molecule has 0 saturated heterocycles. The number of carbonyl (C=O) groups excluding carboxylic acids is 1. The molecule has 0 aliphatic heterocycles. The Morgan fingerprint density at radius 3 is 2.26 bits per heavy atom. The summed E-state index contributed by atoms with van der Waals surface area (Å²) >= 11 is 1.06. The van der Waals surface area contributed by atoms with E-state index < -0.39 is 5.97 Å². The minimum absolute atomic E-state index is 0.0421. The minimum Gasteiger partial charge on any atom is -0.497 e. The molecule has 7 heteroatoms. The number of aliphatic carboxylic acids is 1. The summed E-state index contributed by atoms with van der Waals surface area (Å²) in [7, 11) is 1.55. The summed E-state index contributed by atoms with van der Waals surface area (Å²) in [4.78, 5) is 25.9. The Hall–Kier alpha value is -3.84. The number of methoxy groups -OCH3 is 1. The molecule has 1 N–H and O–H groups in total. The number of ketones is 1. The molecule has 1 aromatic heterocycles. The molecule has 0 aliphatic rings. The largest absolute Gasteiger partial charge is 0.497 e. The van der Waals surface area contributed by atoms with Gasteiger partial charge in [-0.25, -0.2) is 4.79 Å². The van der Waals surface area contributed by atoms with Gasteiger partial charge in [-0.05, 0) is 47.5 Å². The Bertz CT molecular complexity index is 1280. The van der Waals surface area contributed by atoms with Crippen LogP contribution in [-0.2, 0) is 11.2 Å². The van der Waals surface area contributed by atoms with E-state index in [9.17, 15) is 14.7 Å². The van der Waals surface area contributed by atoms with Crippen molar-refractivity contribution in [3.05, 3.63) is 95.1 Å². The van der Waals surface area contributed by atoms with Crippen molar-refractivity contribution in [2.45, 2.75) is 6.42 Å². The zero-order valence-corrected chi connectivity index (χ0v) is 17.4. The van der Waals surface area contributed by atoms with Gasteiger partial charge < -0.3 is 9.84 Å². The van der Waals surface area contributed by atoms with E-state index in [1.807, 2.05) is 30.3 Å². The first-order valence-electron chi connectivity index (χ1n) is 9.48. The van der Waals surface area contributed by atoms with Gasteiger partial charge in [-0.15, -0.1) is 0 Å². The lowest BCUT2D eigenvalue weighted by atomic mass is 9.89. The van der Waals surface area contributed by atoms with Gasteiger partial charge in [0.05, 0.1) is 24.4 Å². The highest BCUT2D eigenvalue weighted by Crippen LogP contribution is 2.28. The van der Waals surface area contributed by atoms with Crippen LogP contribution in [0.3, 0.4) is 0 Å². The molecule has 0 amide bonds. The van der Waals surface area contributed by atoms with Crippen LogP contribution in [0.15, 0.2) is 78.4 Å². The first-order chi connectivity index (χ1) is 15.1. The Balaban J connectivity index is 1.89. The summed E-state index contributed by atoms with van der Waals surface area (Å²) in [5.74, 6) is -0.902. The van der Waals surface area contributed by atoms with E-state index in [1.54, 1.807) is 49.6 Å². The number of carboxylic acid groups (broad SMARTS) is 1. The number of aromatic nitrogens is 2. The number of Topliss-reactive ketones (excluding diaryl/α,β-unsaturated/α-hetero) is 1. The summed E-state index contributed by atoms with van der Waals surface area (Å²) in [5, 5.41) is 10.1. The second-order valence-electron chi connectivity index (χ2n) is 6.85. The van der Waals surface area contributed by atoms with Crippen LogP contribution >= 0.6 is 11.7 Å². The minimum atomic E-state index is -1.17. The highest BCUT2D eigenvalue weighted by Gasteiger charge is 2.24. The first kappa shape index (κ1) is 20.4. The lowest BCUT2D eigenvalue weighted by Gasteiger charge is -2.13. The molecule has 1 heterocycles. The quantitative estimate of drug-likeness (QED) is 0.339. The molecule has 0 atom stereocenters. The molecule has 0 radical (unpaired) electrons. The molecule has 6 nitrogen and oxygen atoms in total. The number of fused-ring (bicyclic) bond motifs is 1. The third kappa shape index (κ3) is 4.36. The summed E-state index contributed by atoms with van der Waals surface area (Å²) in [5.41, 5.74) is 3.09. The molecule has 4 aromatic rings. The Labute approximate surface area is 182 Å². The lowest BCUT2D eigenvalue weighted by Crippen LogP contribution is -2.14. The SMILES string of the molecule is COc1ccc(C(=O)/C(Cc2ccccc2)=C(\C(=O)O)c2ccc3nsnc3c2)cc1. The number of benzene rings is 3. The summed E-state index contributed by atoms with van der Waals surface area (Å²) < 4.78 is 13.5. The third-order valence-electron chi connectivity index (χ3n) is 4.91. The maximum Gasteiger partial charge on any atom is 0.336 e. The number of rotatable bonds is 7. The maximum absolute atomic E-state index is 13.5. The molecule has 0 bridgehead atoms. The normalized spacial score (nSPS) is 11.8. The predicted molar refractivity (Wildman–Crippen MR) is 119 cm³/mol. The van der Waals surface area contributed by atoms with Crippen LogP contribution < -0.4 is 4.74 Å². The van der Waals surface area contributed by atoms with Gasteiger partial charge in [0.1, 0.15) is 16.8 Å². The van der Waals surface area contributed by atoms with Gasteiger partial charge >= 0.3 is 5.97 Å². The summed E-state index contributed by atoms with van der Waals surface area (Å²) in [6.45, 7) is 0. The van der Waals surface area contributed by atoms with E-state index in [4.69, 9.17) is 4.74 Å². The van der Waals surface area contributed by atoms with E-state index >= 15 is 0 Å². The average Bonchev–Trinajstić information content (AvgIpc) is 3.27. The molecule has 4 rings (SSSR count). The van der Waals surface area contributed by atoms with Crippen LogP contribution in [0.2, 0.25) is 0 Å². The number of carboxylic acids is 1. The van der Waals surface area contributed by atoms with Crippen LogP contribution in [0.25, 0.3) is 16.6 Å². The van der Waals surface area contributed by atoms with Crippen molar-refractivity contribution in [2.75, 3.05) is 7.11 Å². The number of carbonyl (C=O) groups is 2. The van der Waals surface area contributed by atoms with Gasteiger partial charge in [-0.1, -0.05) is 36.4 Å². The van der Waals surface area contributed by atoms with E-state index in [1.165, 1.54) is 0 Å². The predicted octanol–water partition coefficient (Wildman–Crippen LogP) is 4.66. The fourth-order valence-corrected chi connectivity index (χ4v) is 3.88. The van der Waals surface area contributed by atoms with Crippen molar-refractivity contribution in [1.82, 2.24) is 8.75 Å². The Morgan fingerprint density at radius 2 is 1.58 bits per heavy atom. The van der Waals surface area contributed by atoms with Crippen LogP contribution in [0.4, 0.5) is 0 Å². The van der Waals surface area contributed by atoms with Crippen LogP contribution in [0, 0.1) is 0 Å². The fourth-order valence-electron chi connectivity index (χ4n) is 3.36. The molecule has 0 fully saturated rings. The second kappa shape index (κ2) is 8.89. The summed E-state index contributed by atoms with van der Waals surface area (Å²) in [6.07, 6.45) is 0.181. The molecule has 154 valence electrons. The molecule has 0 saturated carbocycles. The van der Waals surface area contributed by atoms with Gasteiger partial charge in [0.2, 0.25) is 0 Å². The summed E-state index contributed by atoms with van der Waals surface area (Å²) in [6, 6.07) is 21.0. The second-order valence-corrected chi connectivity index (χ2v) is 7.37. The van der Waals surface area contributed by atoms with Crippen molar-refractivity contribution in [1.29, 1.82) is 0 Å². The average molecular weight is 430 g/mol. The Kier molecular flexibility index (Phi) is 5.86. The van der Waals surface area contributed by atoms with Gasteiger partial charge in [-0.2, -0.15) is 8.75 Å². The van der Waals surface area contributed by atoms with Crippen LogP contribution in [0.1, 0.15) is 21.5 Å². The van der Waals surface area contributed by atoms with Crippen molar-refractivity contribution < 1.29 is 19.4 Å². The van der Waals surface area contributed by atoms with E-state index in [-0.39, 0.29) is 23.4 Å². The Morgan fingerprint density at radius 1 is 0.903 bits per heavy atom. The van der Waals surface area contributed by atoms with Crippen molar-refractivity contribution in [2.24, 2.45) is 0 Å². The first-order valence-corrected chi connectivity index (χ1v) is 10.2. The number of nitrogens with zero attached hydrogens (tertiary/aromatic N) is 2. The van der Waals surface area contributed by atoms with Gasteiger partial charge in [0.25, 0.3) is 0 Å². The smallest absolute Gasteiger partial charge is 0.336 e. The standard InChI is InChI=1S/C24H18N2O4S/c1-30-18-10-7-16(8-11-18)23(27)19(13-15-5-3-2-4-6-15)22(24(28)29)17-9-12-20-21(14-17)26-31-25-20/h2-12,14H,13H2,1H3,(H,28,29)/b22-19-. The van der Waals surface area contributed by atoms with E-state index in [0.717, 1.165) is 17.3 Å². The molecule has 0 aliphatic carbocycles. The van der Waals surface area contributed by atoms with Gasteiger partial charge in [0.15, 0.2) is 5.78 Å². The molecule has 31 heavy (non-hydrogen) atoms. The van der Waals surface area contributed by atoms with E-state index in [2.05, 4.69) is 8.75 Å². The number of hydrogen-bond acceptors (Lipinski definition) is 6. The van der Waals surface area contributed by atoms with Gasteiger partial charge in [-0.3, -0.25) is 4.79 Å². The van der Waals surface area contributed by atoms with Crippen LogP contribution in [-0.4, -0.2) is 32.7 Å². The maximum atomic E-state index is 13.5.